The molecule has 1 atom stereocenters. The first-order valence-electron chi connectivity index (χ1n) is 9.98. The summed E-state index contributed by atoms with van der Waals surface area (Å²) in [5.41, 5.74) is 1.09. The number of halogens is 1. The monoisotopic (exact) mass is 442 g/mol. The molecule has 1 aliphatic carbocycles. The molecule has 0 radical (unpaired) electrons. The Kier molecular flexibility index (Phi) is 6.44. The molecule has 1 N–H and O–H groups in total. The summed E-state index contributed by atoms with van der Waals surface area (Å²) in [5, 5.41) is 10.6. The molecule has 162 valence electrons. The van der Waals surface area contributed by atoms with Crippen LogP contribution >= 0.6 is 11.6 Å². The van der Waals surface area contributed by atoms with E-state index in [0.29, 0.717) is 39.6 Å². The number of aromatic nitrogens is 2. The van der Waals surface area contributed by atoms with E-state index in [2.05, 4.69) is 4.98 Å². The zero-order valence-corrected chi connectivity index (χ0v) is 17.8. The fraction of sp³-hybridized carbons (Fsp3) is 0.304. The number of pyridine rings is 2. The van der Waals surface area contributed by atoms with Gasteiger partial charge in [-0.15, -0.1) is 0 Å². The smallest absolute Gasteiger partial charge is 0.258 e. The van der Waals surface area contributed by atoms with Crippen molar-refractivity contribution in [1.29, 1.82) is 0 Å². The van der Waals surface area contributed by atoms with Gasteiger partial charge in [-0.25, -0.2) is 0 Å². The fourth-order valence-corrected chi connectivity index (χ4v) is 3.24. The largest absolute Gasteiger partial charge is 0.493 e. The lowest BCUT2D eigenvalue weighted by Gasteiger charge is -2.15. The first kappa shape index (κ1) is 21.2. The number of rotatable bonds is 9. The molecule has 2 heterocycles. The Morgan fingerprint density at radius 2 is 2.00 bits per heavy atom. The predicted molar refractivity (Wildman–Crippen MR) is 116 cm³/mol. The van der Waals surface area contributed by atoms with E-state index in [4.69, 9.17) is 25.8 Å². The molecule has 0 aliphatic heterocycles. The van der Waals surface area contributed by atoms with E-state index in [-0.39, 0.29) is 18.8 Å². The maximum absolute atomic E-state index is 12.6. The van der Waals surface area contributed by atoms with Crippen LogP contribution in [0.3, 0.4) is 0 Å². The molecule has 0 amide bonds. The lowest BCUT2D eigenvalue weighted by atomic mass is 10.2. The standard InChI is InChI=1S/C23H23ClN2O5/c1-29-22-10-18(6-7-21(22)31-14-20(27)15-2-3-15)26-9-8-19(11-23(26)28)30-13-17-5-4-16(24)12-25-17/h4-12,15,20,27H,2-3,13-14H2,1H3/t20-/m1/s1. The maximum Gasteiger partial charge on any atom is 0.258 e. The van der Waals surface area contributed by atoms with Crippen LogP contribution in [0.2, 0.25) is 5.02 Å². The Labute approximate surface area is 184 Å². The van der Waals surface area contributed by atoms with Crippen molar-refractivity contribution in [2.45, 2.75) is 25.6 Å². The Morgan fingerprint density at radius 3 is 2.68 bits per heavy atom. The van der Waals surface area contributed by atoms with Crippen LogP contribution in [-0.4, -0.2) is 34.5 Å². The lowest BCUT2D eigenvalue weighted by Crippen LogP contribution is -2.20. The second-order valence-electron chi connectivity index (χ2n) is 7.38. The number of nitrogens with zero attached hydrogens (tertiary/aromatic N) is 2. The molecule has 2 aromatic heterocycles. The molecule has 1 fully saturated rings. The van der Waals surface area contributed by atoms with Crippen LogP contribution < -0.4 is 19.8 Å². The highest BCUT2D eigenvalue weighted by atomic mass is 35.5. The van der Waals surface area contributed by atoms with Crippen LogP contribution in [0.1, 0.15) is 18.5 Å². The third-order valence-corrected chi connectivity index (χ3v) is 5.29. The van der Waals surface area contributed by atoms with Crippen LogP contribution in [0, 0.1) is 5.92 Å². The lowest BCUT2D eigenvalue weighted by molar-refractivity contribution is 0.0880. The Balaban J connectivity index is 1.45. The van der Waals surface area contributed by atoms with E-state index in [1.807, 2.05) is 0 Å². The summed E-state index contributed by atoms with van der Waals surface area (Å²) in [6.45, 7) is 0.446. The van der Waals surface area contributed by atoms with E-state index in [9.17, 15) is 9.90 Å². The second-order valence-corrected chi connectivity index (χ2v) is 7.81. The third-order valence-electron chi connectivity index (χ3n) is 5.07. The topological polar surface area (TPSA) is 82.8 Å². The van der Waals surface area contributed by atoms with Gasteiger partial charge < -0.3 is 19.3 Å². The molecule has 0 spiro atoms. The molecule has 31 heavy (non-hydrogen) atoms. The van der Waals surface area contributed by atoms with Crippen molar-refractivity contribution in [1.82, 2.24) is 9.55 Å². The zero-order valence-electron chi connectivity index (χ0n) is 17.0. The molecule has 3 aromatic rings. The molecule has 0 bridgehead atoms. The Hall–Kier alpha value is -3.03. The molecule has 1 saturated carbocycles. The molecular weight excluding hydrogens is 420 g/mol. The normalized spacial score (nSPS) is 14.2. The number of benzene rings is 1. The van der Waals surface area contributed by atoms with Gasteiger partial charge in [0.2, 0.25) is 0 Å². The minimum Gasteiger partial charge on any atom is -0.493 e. The van der Waals surface area contributed by atoms with Gasteiger partial charge in [0, 0.05) is 24.5 Å². The van der Waals surface area contributed by atoms with Gasteiger partial charge in [0.05, 0.1) is 29.6 Å². The van der Waals surface area contributed by atoms with Crippen molar-refractivity contribution in [3.8, 4) is 22.9 Å². The number of methoxy groups -OCH3 is 1. The highest BCUT2D eigenvalue weighted by molar-refractivity contribution is 6.30. The quantitative estimate of drug-likeness (QED) is 0.545. The molecule has 1 aromatic carbocycles. The van der Waals surface area contributed by atoms with E-state index < -0.39 is 6.10 Å². The third kappa shape index (κ3) is 5.37. The molecule has 1 aliphatic rings. The van der Waals surface area contributed by atoms with Gasteiger partial charge in [0.1, 0.15) is 19.0 Å². The minimum absolute atomic E-state index is 0.217. The number of aliphatic hydroxyl groups is 1. The highest BCUT2D eigenvalue weighted by Gasteiger charge is 2.30. The first-order chi connectivity index (χ1) is 15.0. The summed E-state index contributed by atoms with van der Waals surface area (Å²) in [6.07, 6.45) is 4.80. The first-order valence-corrected chi connectivity index (χ1v) is 10.4. The van der Waals surface area contributed by atoms with E-state index in [1.165, 1.54) is 17.7 Å². The molecule has 4 rings (SSSR count). The zero-order chi connectivity index (χ0) is 21.8. The van der Waals surface area contributed by atoms with E-state index in [1.54, 1.807) is 48.8 Å². The van der Waals surface area contributed by atoms with Gasteiger partial charge >= 0.3 is 0 Å². The van der Waals surface area contributed by atoms with Crippen LogP contribution in [0.5, 0.6) is 17.2 Å². The van der Waals surface area contributed by atoms with Crippen LogP contribution in [-0.2, 0) is 6.61 Å². The van der Waals surface area contributed by atoms with E-state index >= 15 is 0 Å². The number of hydrogen-bond donors (Lipinski definition) is 1. The average Bonchev–Trinajstić information content (AvgIpc) is 3.63. The van der Waals surface area contributed by atoms with Gasteiger partial charge in [-0.3, -0.25) is 14.3 Å². The van der Waals surface area contributed by atoms with Gasteiger partial charge in [-0.05, 0) is 49.1 Å². The summed E-state index contributed by atoms with van der Waals surface area (Å²) in [6, 6.07) is 11.8. The SMILES string of the molecule is COc1cc(-n2ccc(OCc3ccc(Cl)cn3)cc2=O)ccc1OC[C@@H](O)C1CC1. The van der Waals surface area contributed by atoms with Gasteiger partial charge in [-0.2, -0.15) is 0 Å². The van der Waals surface area contributed by atoms with E-state index in [0.717, 1.165) is 12.8 Å². The van der Waals surface area contributed by atoms with Crippen LogP contribution in [0.25, 0.3) is 5.69 Å². The van der Waals surface area contributed by atoms with Crippen molar-refractivity contribution in [2.24, 2.45) is 5.92 Å². The van der Waals surface area contributed by atoms with Crippen molar-refractivity contribution >= 4 is 11.6 Å². The maximum atomic E-state index is 12.6. The molecular formula is C23H23ClN2O5. The molecule has 8 heteroatoms. The fourth-order valence-electron chi connectivity index (χ4n) is 3.13. The minimum atomic E-state index is -0.470. The molecule has 0 unspecified atom stereocenters. The van der Waals surface area contributed by atoms with Crippen molar-refractivity contribution in [3.63, 3.8) is 0 Å². The van der Waals surface area contributed by atoms with Crippen LogP contribution in [0.15, 0.2) is 59.7 Å². The predicted octanol–water partition coefficient (Wildman–Crippen LogP) is 3.62. The van der Waals surface area contributed by atoms with Crippen molar-refractivity contribution < 1.29 is 19.3 Å². The van der Waals surface area contributed by atoms with Gasteiger partial charge in [-0.1, -0.05) is 11.6 Å². The number of ether oxygens (including phenoxy) is 3. The highest BCUT2D eigenvalue weighted by Crippen LogP contribution is 2.34. The summed E-state index contributed by atoms with van der Waals surface area (Å²) in [7, 11) is 1.54. The number of hydrogen-bond acceptors (Lipinski definition) is 6. The second kappa shape index (κ2) is 9.41. The van der Waals surface area contributed by atoms with Crippen molar-refractivity contribution in [3.05, 3.63) is 75.9 Å². The molecule has 0 saturated heterocycles. The molecule has 7 nitrogen and oxygen atoms in total. The number of aliphatic hydroxyl groups excluding tert-OH is 1. The summed E-state index contributed by atoms with van der Waals surface area (Å²) < 4.78 is 18.3. The van der Waals surface area contributed by atoms with Crippen molar-refractivity contribution in [2.75, 3.05) is 13.7 Å². The summed E-state index contributed by atoms with van der Waals surface area (Å²) in [5.74, 6) is 1.79. The summed E-state index contributed by atoms with van der Waals surface area (Å²) in [4.78, 5) is 16.8. The van der Waals surface area contributed by atoms with Crippen LogP contribution in [0.4, 0.5) is 0 Å². The van der Waals surface area contributed by atoms with Gasteiger partial charge in [0.25, 0.3) is 5.56 Å². The van der Waals surface area contributed by atoms with Gasteiger partial charge in [0.15, 0.2) is 11.5 Å². The Morgan fingerprint density at radius 1 is 1.16 bits per heavy atom. The summed E-state index contributed by atoms with van der Waals surface area (Å²) >= 11 is 5.83. The Bertz CT molecular complexity index is 1100. The average molecular weight is 443 g/mol.